The predicted molar refractivity (Wildman–Crippen MR) is 70.1 cm³/mol. The summed E-state index contributed by atoms with van der Waals surface area (Å²) in [6.07, 6.45) is 3.87. The van der Waals surface area contributed by atoms with Crippen molar-refractivity contribution >= 4 is 11.3 Å². The van der Waals surface area contributed by atoms with E-state index in [4.69, 9.17) is 0 Å². The van der Waals surface area contributed by atoms with Gasteiger partial charge in [-0.3, -0.25) is 4.68 Å². The minimum atomic E-state index is 0.856. The molecule has 0 aliphatic heterocycles. The van der Waals surface area contributed by atoms with E-state index in [0.29, 0.717) is 0 Å². The van der Waals surface area contributed by atoms with Crippen LogP contribution in [0.1, 0.15) is 23.3 Å². The first-order chi connectivity index (χ1) is 8.29. The third kappa shape index (κ3) is 3.38. The molecule has 4 nitrogen and oxygen atoms in total. The highest BCUT2D eigenvalue weighted by atomic mass is 32.1. The quantitative estimate of drug-likeness (QED) is 0.795. The number of thiazole rings is 1. The minimum Gasteiger partial charge on any atom is -0.311 e. The average molecular weight is 250 g/mol. The standard InChI is InChI=1S/C12H18N4S/c1-3-12-15-10(9-17-12)8-13-6-4-11-5-7-14-16(11)2/h5,7,9,13H,3-4,6,8H2,1-2H3. The summed E-state index contributed by atoms with van der Waals surface area (Å²) in [7, 11) is 1.98. The fraction of sp³-hybridized carbons (Fsp3) is 0.500. The smallest absolute Gasteiger partial charge is 0.0926 e. The molecule has 0 bridgehead atoms. The zero-order chi connectivity index (χ0) is 12.1. The molecule has 92 valence electrons. The molecular weight excluding hydrogens is 232 g/mol. The normalized spacial score (nSPS) is 10.9. The highest BCUT2D eigenvalue weighted by Gasteiger charge is 2.01. The summed E-state index contributed by atoms with van der Waals surface area (Å²) in [5.74, 6) is 0. The minimum absolute atomic E-state index is 0.856. The van der Waals surface area contributed by atoms with Gasteiger partial charge in [-0.2, -0.15) is 5.10 Å². The fourth-order valence-electron chi connectivity index (χ4n) is 1.67. The molecule has 2 rings (SSSR count). The van der Waals surface area contributed by atoms with Crippen LogP contribution in [0.25, 0.3) is 0 Å². The lowest BCUT2D eigenvalue weighted by atomic mass is 10.3. The zero-order valence-corrected chi connectivity index (χ0v) is 11.1. The topological polar surface area (TPSA) is 42.7 Å². The Balaban J connectivity index is 1.71. The van der Waals surface area contributed by atoms with Gasteiger partial charge in [-0.1, -0.05) is 6.92 Å². The van der Waals surface area contributed by atoms with Gasteiger partial charge in [0.25, 0.3) is 0 Å². The second-order valence-electron chi connectivity index (χ2n) is 3.96. The number of nitrogens with zero attached hydrogens (tertiary/aromatic N) is 3. The van der Waals surface area contributed by atoms with Crippen molar-refractivity contribution in [1.82, 2.24) is 20.1 Å². The Labute approximate surface area is 106 Å². The lowest BCUT2D eigenvalue weighted by molar-refractivity contribution is 0.637. The van der Waals surface area contributed by atoms with Crippen LogP contribution in [0, 0.1) is 0 Å². The van der Waals surface area contributed by atoms with Gasteiger partial charge < -0.3 is 5.32 Å². The Bertz CT molecular complexity index is 461. The third-order valence-electron chi connectivity index (χ3n) is 2.69. The maximum Gasteiger partial charge on any atom is 0.0926 e. The Morgan fingerprint density at radius 2 is 2.35 bits per heavy atom. The molecule has 2 aromatic heterocycles. The molecular formula is C12H18N4S. The monoisotopic (exact) mass is 250 g/mol. The summed E-state index contributed by atoms with van der Waals surface area (Å²) in [6.45, 7) is 3.95. The van der Waals surface area contributed by atoms with Gasteiger partial charge in [0.1, 0.15) is 0 Å². The maximum atomic E-state index is 4.52. The number of hydrogen-bond acceptors (Lipinski definition) is 4. The summed E-state index contributed by atoms with van der Waals surface area (Å²) >= 11 is 1.74. The van der Waals surface area contributed by atoms with Crippen LogP contribution in [-0.2, 0) is 26.4 Å². The second kappa shape index (κ2) is 5.93. The number of nitrogens with one attached hydrogen (secondary N) is 1. The molecule has 0 spiro atoms. The van der Waals surface area contributed by atoms with Crippen LogP contribution >= 0.6 is 11.3 Å². The number of rotatable bonds is 6. The molecule has 0 saturated carbocycles. The lowest BCUT2D eigenvalue weighted by Crippen LogP contribution is -2.18. The van der Waals surface area contributed by atoms with Crippen molar-refractivity contribution in [3.05, 3.63) is 34.0 Å². The van der Waals surface area contributed by atoms with Gasteiger partial charge in [0.15, 0.2) is 0 Å². The van der Waals surface area contributed by atoms with E-state index < -0.39 is 0 Å². The molecule has 0 amide bonds. The van der Waals surface area contributed by atoms with E-state index in [2.05, 4.69) is 33.8 Å². The summed E-state index contributed by atoms with van der Waals surface area (Å²) in [5, 5.41) is 10.9. The molecule has 1 N–H and O–H groups in total. The second-order valence-corrected chi connectivity index (χ2v) is 4.90. The third-order valence-corrected chi connectivity index (χ3v) is 3.73. The molecule has 0 aliphatic carbocycles. The molecule has 0 aromatic carbocycles. The van der Waals surface area contributed by atoms with E-state index in [1.807, 2.05) is 17.9 Å². The molecule has 0 aliphatic rings. The van der Waals surface area contributed by atoms with Crippen LogP contribution < -0.4 is 5.32 Å². The first-order valence-corrected chi connectivity index (χ1v) is 6.78. The van der Waals surface area contributed by atoms with Crippen molar-refractivity contribution in [2.75, 3.05) is 6.54 Å². The molecule has 0 unspecified atom stereocenters. The van der Waals surface area contributed by atoms with Crippen LogP contribution in [-0.4, -0.2) is 21.3 Å². The summed E-state index contributed by atoms with van der Waals surface area (Å²) in [4.78, 5) is 4.52. The van der Waals surface area contributed by atoms with E-state index in [9.17, 15) is 0 Å². The number of hydrogen-bond donors (Lipinski definition) is 1. The molecule has 2 aromatic rings. The summed E-state index contributed by atoms with van der Waals surface area (Å²) in [6, 6.07) is 2.06. The van der Waals surface area contributed by atoms with Gasteiger partial charge in [-0.05, 0) is 12.5 Å². The predicted octanol–water partition coefficient (Wildman–Crippen LogP) is 1.77. The molecule has 0 saturated heterocycles. The first-order valence-electron chi connectivity index (χ1n) is 5.90. The van der Waals surface area contributed by atoms with E-state index in [1.165, 1.54) is 10.7 Å². The van der Waals surface area contributed by atoms with E-state index >= 15 is 0 Å². The van der Waals surface area contributed by atoms with E-state index in [1.54, 1.807) is 11.3 Å². The highest BCUT2D eigenvalue weighted by Crippen LogP contribution is 2.09. The van der Waals surface area contributed by atoms with Crippen molar-refractivity contribution in [3.63, 3.8) is 0 Å². The van der Waals surface area contributed by atoms with Crippen molar-refractivity contribution in [3.8, 4) is 0 Å². The fourth-order valence-corrected chi connectivity index (χ4v) is 2.42. The Morgan fingerprint density at radius 3 is 3.00 bits per heavy atom. The maximum absolute atomic E-state index is 4.52. The lowest BCUT2D eigenvalue weighted by Gasteiger charge is -2.03. The average Bonchev–Trinajstić information content (AvgIpc) is 2.94. The molecule has 0 radical (unpaired) electrons. The first kappa shape index (κ1) is 12.3. The van der Waals surface area contributed by atoms with Gasteiger partial charge >= 0.3 is 0 Å². The summed E-state index contributed by atoms with van der Waals surface area (Å²) in [5.41, 5.74) is 2.40. The van der Waals surface area contributed by atoms with Crippen LogP contribution in [0.5, 0.6) is 0 Å². The van der Waals surface area contributed by atoms with Crippen molar-refractivity contribution in [2.45, 2.75) is 26.3 Å². The largest absolute Gasteiger partial charge is 0.311 e. The van der Waals surface area contributed by atoms with Crippen molar-refractivity contribution in [2.24, 2.45) is 7.05 Å². The number of aromatic nitrogens is 3. The Morgan fingerprint density at radius 1 is 1.47 bits per heavy atom. The van der Waals surface area contributed by atoms with Gasteiger partial charge in [0.05, 0.1) is 10.7 Å². The molecule has 2 heterocycles. The number of aryl methyl sites for hydroxylation is 2. The highest BCUT2D eigenvalue weighted by molar-refractivity contribution is 7.09. The van der Waals surface area contributed by atoms with E-state index in [-0.39, 0.29) is 0 Å². The molecule has 5 heteroatoms. The Hall–Kier alpha value is -1.20. The van der Waals surface area contributed by atoms with Gasteiger partial charge in [0, 0.05) is 43.8 Å². The molecule has 0 fully saturated rings. The van der Waals surface area contributed by atoms with Crippen LogP contribution in [0.15, 0.2) is 17.6 Å². The Kier molecular flexibility index (Phi) is 4.28. The van der Waals surface area contributed by atoms with E-state index in [0.717, 1.165) is 31.6 Å². The van der Waals surface area contributed by atoms with Gasteiger partial charge in [-0.25, -0.2) is 4.98 Å². The zero-order valence-electron chi connectivity index (χ0n) is 10.3. The van der Waals surface area contributed by atoms with Gasteiger partial charge in [-0.15, -0.1) is 11.3 Å². The van der Waals surface area contributed by atoms with Crippen LogP contribution in [0.4, 0.5) is 0 Å². The van der Waals surface area contributed by atoms with Crippen molar-refractivity contribution < 1.29 is 0 Å². The summed E-state index contributed by atoms with van der Waals surface area (Å²) < 4.78 is 1.92. The molecule has 17 heavy (non-hydrogen) atoms. The van der Waals surface area contributed by atoms with Gasteiger partial charge in [0.2, 0.25) is 0 Å². The van der Waals surface area contributed by atoms with Crippen molar-refractivity contribution in [1.29, 1.82) is 0 Å². The van der Waals surface area contributed by atoms with Crippen LogP contribution in [0.3, 0.4) is 0 Å². The SMILES string of the molecule is CCc1nc(CNCCc2ccnn2C)cs1. The van der Waals surface area contributed by atoms with Crippen LogP contribution in [0.2, 0.25) is 0 Å². The molecule has 0 atom stereocenters.